The fourth-order valence-electron chi connectivity index (χ4n) is 1.39. The van der Waals surface area contributed by atoms with Crippen LogP contribution in [0.2, 0.25) is 5.02 Å². The van der Waals surface area contributed by atoms with Gasteiger partial charge in [0.1, 0.15) is 0 Å². The molecular weight excluding hydrogens is 288 g/mol. The van der Waals surface area contributed by atoms with Crippen molar-refractivity contribution in [2.75, 3.05) is 0 Å². The molecule has 8 heteroatoms. The summed E-state index contributed by atoms with van der Waals surface area (Å²) >= 11 is 5.86. The Morgan fingerprint density at radius 2 is 2.10 bits per heavy atom. The lowest BCUT2D eigenvalue weighted by atomic mass is 10.3. The molecule has 2 rings (SSSR count). The molecule has 0 aliphatic heterocycles. The van der Waals surface area contributed by atoms with Crippen molar-refractivity contribution >= 4 is 23.3 Å². The number of ether oxygens (including phenoxy) is 1. The van der Waals surface area contributed by atoms with Crippen molar-refractivity contribution in [2.24, 2.45) is 0 Å². The number of carboxylic acids is 1. The summed E-state index contributed by atoms with van der Waals surface area (Å²) in [5, 5.41) is 19.6. The number of nitrogens with zero attached hydrogens (tertiary/aromatic N) is 2. The number of nitro groups is 1. The first-order valence-corrected chi connectivity index (χ1v) is 5.67. The maximum atomic E-state index is 10.8. The van der Waals surface area contributed by atoms with Crippen LogP contribution in [0, 0.1) is 10.1 Å². The van der Waals surface area contributed by atoms with Crippen LogP contribution >= 0.6 is 11.6 Å². The van der Waals surface area contributed by atoms with Gasteiger partial charge < -0.3 is 9.84 Å². The third-order valence-electron chi connectivity index (χ3n) is 2.28. The van der Waals surface area contributed by atoms with Crippen molar-refractivity contribution in [3.05, 3.63) is 57.2 Å². The van der Waals surface area contributed by atoms with Crippen LogP contribution in [0.5, 0.6) is 11.6 Å². The Kier molecular flexibility index (Phi) is 3.81. The lowest BCUT2D eigenvalue weighted by Crippen LogP contribution is -2.01. The Morgan fingerprint density at radius 3 is 2.75 bits per heavy atom. The minimum Gasteiger partial charge on any atom is -0.477 e. The molecule has 1 aromatic heterocycles. The van der Waals surface area contributed by atoms with Gasteiger partial charge in [0.2, 0.25) is 5.88 Å². The molecule has 0 saturated heterocycles. The van der Waals surface area contributed by atoms with E-state index in [0.29, 0.717) is 0 Å². The van der Waals surface area contributed by atoms with E-state index in [1.807, 2.05) is 0 Å². The summed E-state index contributed by atoms with van der Waals surface area (Å²) in [5.74, 6) is -1.20. The summed E-state index contributed by atoms with van der Waals surface area (Å²) in [6, 6.07) is 7.84. The highest BCUT2D eigenvalue weighted by molar-refractivity contribution is 6.32. The van der Waals surface area contributed by atoms with Crippen LogP contribution in [0.25, 0.3) is 0 Å². The minimum absolute atomic E-state index is 0.0210. The molecule has 0 aliphatic carbocycles. The Balaban J connectivity index is 2.34. The van der Waals surface area contributed by atoms with Crippen molar-refractivity contribution in [1.29, 1.82) is 0 Å². The van der Waals surface area contributed by atoms with Crippen LogP contribution in [0.4, 0.5) is 5.69 Å². The number of aromatic nitrogens is 1. The van der Waals surface area contributed by atoms with E-state index >= 15 is 0 Å². The predicted octanol–water partition coefficient (Wildman–Crippen LogP) is 3.13. The Labute approximate surface area is 117 Å². The number of hydrogen-bond acceptors (Lipinski definition) is 5. The molecule has 0 fully saturated rings. The van der Waals surface area contributed by atoms with E-state index < -0.39 is 10.9 Å². The number of nitro benzene ring substituents is 1. The van der Waals surface area contributed by atoms with Gasteiger partial charge in [0, 0.05) is 12.1 Å². The van der Waals surface area contributed by atoms with E-state index in [1.54, 1.807) is 0 Å². The van der Waals surface area contributed by atoms with E-state index in [4.69, 9.17) is 21.4 Å². The van der Waals surface area contributed by atoms with Gasteiger partial charge in [-0.3, -0.25) is 10.1 Å². The average Bonchev–Trinajstić information content (AvgIpc) is 2.41. The molecule has 0 bridgehead atoms. The SMILES string of the molecule is O=C(O)c1cccc(Oc2cc([N+](=O)[O-])ccc2Cl)n1. The number of non-ortho nitro benzene ring substituents is 1. The fraction of sp³-hybridized carbons (Fsp3) is 0. The molecule has 2 aromatic rings. The van der Waals surface area contributed by atoms with Gasteiger partial charge in [-0.25, -0.2) is 9.78 Å². The first kappa shape index (κ1) is 13.8. The molecular formula is C12H7ClN2O5. The van der Waals surface area contributed by atoms with Crippen LogP contribution < -0.4 is 4.74 Å². The maximum Gasteiger partial charge on any atom is 0.354 e. The smallest absolute Gasteiger partial charge is 0.354 e. The molecule has 0 amide bonds. The second-order valence-corrected chi connectivity index (χ2v) is 4.05. The standard InChI is InChI=1S/C12H7ClN2O5/c13-8-5-4-7(15(18)19)6-10(8)20-11-3-1-2-9(14-11)12(16)17/h1-6H,(H,16,17). The molecule has 102 valence electrons. The van der Waals surface area contributed by atoms with Crippen molar-refractivity contribution in [2.45, 2.75) is 0 Å². The zero-order chi connectivity index (χ0) is 14.7. The van der Waals surface area contributed by atoms with Gasteiger partial charge in [0.25, 0.3) is 5.69 Å². The van der Waals surface area contributed by atoms with Crippen LogP contribution in [0.3, 0.4) is 0 Å². The van der Waals surface area contributed by atoms with Gasteiger partial charge in [-0.15, -0.1) is 0 Å². The largest absolute Gasteiger partial charge is 0.477 e. The van der Waals surface area contributed by atoms with Gasteiger partial charge in [-0.05, 0) is 12.1 Å². The van der Waals surface area contributed by atoms with Crippen LogP contribution in [0.1, 0.15) is 10.5 Å². The van der Waals surface area contributed by atoms with E-state index in [1.165, 1.54) is 30.3 Å². The number of carboxylic acid groups (broad SMARTS) is 1. The maximum absolute atomic E-state index is 10.8. The molecule has 1 heterocycles. The Bertz CT molecular complexity index is 689. The van der Waals surface area contributed by atoms with Crippen LogP contribution in [-0.2, 0) is 0 Å². The quantitative estimate of drug-likeness (QED) is 0.686. The van der Waals surface area contributed by atoms with Crippen molar-refractivity contribution in [3.63, 3.8) is 0 Å². The van der Waals surface area contributed by atoms with Crippen LogP contribution in [-0.4, -0.2) is 21.0 Å². The number of halogens is 1. The molecule has 0 saturated carbocycles. The molecule has 0 atom stereocenters. The number of pyridine rings is 1. The lowest BCUT2D eigenvalue weighted by molar-refractivity contribution is -0.384. The van der Waals surface area contributed by atoms with Gasteiger partial charge in [0.15, 0.2) is 11.4 Å². The molecule has 0 unspecified atom stereocenters. The average molecular weight is 295 g/mol. The summed E-state index contributed by atoms with van der Waals surface area (Å²) < 4.78 is 5.28. The second-order valence-electron chi connectivity index (χ2n) is 3.64. The molecule has 0 spiro atoms. The first-order chi connectivity index (χ1) is 9.47. The fourth-order valence-corrected chi connectivity index (χ4v) is 1.54. The van der Waals surface area contributed by atoms with Crippen LogP contribution in [0.15, 0.2) is 36.4 Å². The zero-order valence-electron chi connectivity index (χ0n) is 9.82. The Hall–Kier alpha value is -2.67. The zero-order valence-corrected chi connectivity index (χ0v) is 10.6. The van der Waals surface area contributed by atoms with E-state index in [2.05, 4.69) is 4.98 Å². The van der Waals surface area contributed by atoms with Gasteiger partial charge in [-0.1, -0.05) is 17.7 Å². The summed E-state index contributed by atoms with van der Waals surface area (Å²) in [7, 11) is 0. The highest BCUT2D eigenvalue weighted by Crippen LogP contribution is 2.32. The number of aromatic carboxylic acids is 1. The summed E-state index contributed by atoms with van der Waals surface area (Å²) in [4.78, 5) is 24.6. The predicted molar refractivity (Wildman–Crippen MR) is 69.4 cm³/mol. The number of rotatable bonds is 4. The Morgan fingerprint density at radius 1 is 1.35 bits per heavy atom. The second kappa shape index (κ2) is 5.54. The normalized spacial score (nSPS) is 10.1. The van der Waals surface area contributed by atoms with E-state index in [-0.39, 0.29) is 28.0 Å². The van der Waals surface area contributed by atoms with Crippen molar-refractivity contribution < 1.29 is 19.6 Å². The van der Waals surface area contributed by atoms with Crippen molar-refractivity contribution in [3.8, 4) is 11.6 Å². The molecule has 20 heavy (non-hydrogen) atoms. The third kappa shape index (κ3) is 3.01. The number of hydrogen-bond donors (Lipinski definition) is 1. The number of carbonyl (C=O) groups is 1. The van der Waals surface area contributed by atoms with E-state index in [9.17, 15) is 14.9 Å². The highest BCUT2D eigenvalue weighted by Gasteiger charge is 2.13. The van der Waals surface area contributed by atoms with Gasteiger partial charge in [-0.2, -0.15) is 0 Å². The van der Waals surface area contributed by atoms with Gasteiger partial charge in [0.05, 0.1) is 16.0 Å². The molecule has 1 N–H and O–H groups in total. The third-order valence-corrected chi connectivity index (χ3v) is 2.60. The van der Waals surface area contributed by atoms with E-state index in [0.717, 1.165) is 6.07 Å². The highest BCUT2D eigenvalue weighted by atomic mass is 35.5. The summed E-state index contributed by atoms with van der Waals surface area (Å²) in [5.41, 5.74) is -0.400. The van der Waals surface area contributed by atoms with Gasteiger partial charge >= 0.3 is 5.97 Å². The molecule has 7 nitrogen and oxygen atoms in total. The topological polar surface area (TPSA) is 103 Å². The minimum atomic E-state index is -1.21. The summed E-state index contributed by atoms with van der Waals surface area (Å²) in [6.07, 6.45) is 0. The van der Waals surface area contributed by atoms with Crippen molar-refractivity contribution in [1.82, 2.24) is 4.98 Å². The summed E-state index contributed by atoms with van der Waals surface area (Å²) in [6.45, 7) is 0. The number of benzene rings is 1. The first-order valence-electron chi connectivity index (χ1n) is 5.29. The lowest BCUT2D eigenvalue weighted by Gasteiger charge is -2.06. The molecule has 1 aromatic carbocycles. The molecule has 0 aliphatic rings. The monoisotopic (exact) mass is 294 g/mol. The molecule has 0 radical (unpaired) electrons.